The van der Waals surface area contributed by atoms with Gasteiger partial charge in [0.25, 0.3) is 0 Å². The average molecular weight is 500 g/mol. The fourth-order valence-electron chi connectivity index (χ4n) is 4.80. The summed E-state index contributed by atoms with van der Waals surface area (Å²) in [5.41, 5.74) is 4.81. The Morgan fingerprint density at radius 2 is 1.84 bits per heavy atom. The summed E-state index contributed by atoms with van der Waals surface area (Å²) in [5.74, 6) is 3.26. The molecular weight excluding hydrogens is 470 g/mol. The molecule has 2 N–H and O–H groups in total. The summed E-state index contributed by atoms with van der Waals surface area (Å²) in [6.45, 7) is 6.52. The van der Waals surface area contributed by atoms with E-state index in [1.807, 2.05) is 37.3 Å². The van der Waals surface area contributed by atoms with Crippen LogP contribution in [-0.2, 0) is 24.8 Å². The first-order chi connectivity index (χ1) is 18.0. The fourth-order valence-corrected chi connectivity index (χ4v) is 4.80. The lowest BCUT2D eigenvalue weighted by molar-refractivity contribution is 0.122. The van der Waals surface area contributed by atoms with E-state index in [0.717, 1.165) is 60.3 Å². The minimum Gasteiger partial charge on any atom is -0.378 e. The van der Waals surface area contributed by atoms with Crippen molar-refractivity contribution in [2.75, 3.05) is 48.0 Å². The zero-order chi connectivity index (χ0) is 25.4. The van der Waals surface area contributed by atoms with Crippen LogP contribution in [0.25, 0.3) is 11.4 Å². The highest BCUT2D eigenvalue weighted by Crippen LogP contribution is 2.32. The van der Waals surface area contributed by atoms with Gasteiger partial charge in [-0.25, -0.2) is 24.7 Å². The van der Waals surface area contributed by atoms with Crippen molar-refractivity contribution in [3.63, 3.8) is 0 Å². The van der Waals surface area contributed by atoms with Crippen molar-refractivity contribution in [3.05, 3.63) is 70.3 Å². The Bertz CT molecular complexity index is 1470. The second-order valence-corrected chi connectivity index (χ2v) is 9.37. The normalized spacial score (nSPS) is 15.5. The maximum absolute atomic E-state index is 11.7. The van der Waals surface area contributed by atoms with Crippen LogP contribution in [0.5, 0.6) is 0 Å². The van der Waals surface area contributed by atoms with Gasteiger partial charge in [-0.1, -0.05) is 0 Å². The third-order valence-electron chi connectivity index (χ3n) is 6.77. The van der Waals surface area contributed by atoms with E-state index in [9.17, 15) is 4.79 Å². The Hall–Kier alpha value is -4.25. The van der Waals surface area contributed by atoms with Crippen molar-refractivity contribution >= 4 is 23.1 Å². The Balaban J connectivity index is 1.33. The molecule has 4 aromatic rings. The third-order valence-corrected chi connectivity index (χ3v) is 6.77. The first-order valence-electron chi connectivity index (χ1n) is 12.4. The van der Waals surface area contributed by atoms with E-state index in [1.165, 1.54) is 10.1 Å². The number of benzene rings is 1. The van der Waals surface area contributed by atoms with Crippen molar-refractivity contribution in [1.29, 1.82) is 0 Å². The number of ether oxygens (including phenoxy) is 1. The van der Waals surface area contributed by atoms with Gasteiger partial charge in [0, 0.05) is 61.5 Å². The molecule has 0 aliphatic carbocycles. The molecule has 0 amide bonds. The van der Waals surface area contributed by atoms with Gasteiger partial charge >= 0.3 is 5.69 Å². The number of imidazole rings is 1. The molecular formula is C26H29N9O2. The van der Waals surface area contributed by atoms with E-state index in [1.54, 1.807) is 19.6 Å². The molecule has 1 aromatic carbocycles. The van der Waals surface area contributed by atoms with Gasteiger partial charge in [-0.2, -0.15) is 0 Å². The SMILES string of the molecule is Cc1cc(N2CCc3c(nc(-c4ccc(Nc5cn(C)c(=O)[nH]5)cc4)nc3N3CCOCC3)C2)ncn1. The minimum absolute atomic E-state index is 0.164. The van der Waals surface area contributed by atoms with Crippen LogP contribution in [0.4, 0.5) is 23.1 Å². The van der Waals surface area contributed by atoms with E-state index in [2.05, 4.69) is 30.1 Å². The van der Waals surface area contributed by atoms with Gasteiger partial charge in [0.2, 0.25) is 0 Å². The molecule has 3 aromatic heterocycles. The Morgan fingerprint density at radius 3 is 2.57 bits per heavy atom. The molecule has 6 rings (SSSR count). The summed E-state index contributed by atoms with van der Waals surface area (Å²) in [5, 5.41) is 3.23. The summed E-state index contributed by atoms with van der Waals surface area (Å²) in [6.07, 6.45) is 4.19. The molecule has 11 heteroatoms. The van der Waals surface area contributed by atoms with Crippen LogP contribution in [0.2, 0.25) is 0 Å². The number of nitrogens with zero attached hydrogens (tertiary/aromatic N) is 7. The van der Waals surface area contributed by atoms with Crippen LogP contribution in [0.1, 0.15) is 17.0 Å². The van der Waals surface area contributed by atoms with Crippen molar-refractivity contribution in [3.8, 4) is 11.4 Å². The second kappa shape index (κ2) is 9.66. The lowest BCUT2D eigenvalue weighted by Gasteiger charge is -2.34. The molecule has 190 valence electrons. The minimum atomic E-state index is -0.164. The number of aromatic amines is 1. The zero-order valence-corrected chi connectivity index (χ0v) is 20.9. The lowest BCUT2D eigenvalue weighted by Crippen LogP contribution is -2.39. The quantitative estimate of drug-likeness (QED) is 0.427. The van der Waals surface area contributed by atoms with E-state index in [0.29, 0.717) is 31.4 Å². The number of H-pyrrole nitrogens is 1. The molecule has 0 spiro atoms. The number of aromatic nitrogens is 6. The topological polar surface area (TPSA) is 117 Å². The lowest BCUT2D eigenvalue weighted by atomic mass is 10.0. The fraction of sp³-hybridized carbons (Fsp3) is 0.346. The number of aryl methyl sites for hydroxylation is 2. The highest BCUT2D eigenvalue weighted by Gasteiger charge is 2.27. The van der Waals surface area contributed by atoms with Gasteiger partial charge in [-0.3, -0.25) is 4.98 Å². The maximum Gasteiger partial charge on any atom is 0.326 e. The molecule has 2 aliphatic rings. The molecule has 37 heavy (non-hydrogen) atoms. The number of hydrogen-bond acceptors (Lipinski definition) is 9. The van der Waals surface area contributed by atoms with Crippen molar-refractivity contribution in [2.45, 2.75) is 19.9 Å². The zero-order valence-electron chi connectivity index (χ0n) is 20.9. The van der Waals surface area contributed by atoms with Crippen LogP contribution in [0, 0.1) is 6.92 Å². The summed E-state index contributed by atoms with van der Waals surface area (Å²) >= 11 is 0. The highest BCUT2D eigenvalue weighted by molar-refractivity contribution is 5.66. The largest absolute Gasteiger partial charge is 0.378 e. The van der Waals surface area contributed by atoms with Crippen LogP contribution >= 0.6 is 0 Å². The second-order valence-electron chi connectivity index (χ2n) is 9.37. The van der Waals surface area contributed by atoms with Crippen LogP contribution < -0.4 is 20.8 Å². The number of anilines is 4. The standard InChI is InChI=1S/C26H29N9O2/c1-17-13-23(28-16-27-17)35-8-7-20-21(14-35)30-24(32-25(20)34-9-11-37-12-10-34)18-3-5-19(6-4-18)29-22-15-33(2)26(36)31-22/h3-6,13,15-16,29H,7-12,14H2,1-2H3,(H,31,36). The first-order valence-corrected chi connectivity index (χ1v) is 12.4. The Kier molecular flexibility index (Phi) is 6.05. The number of morpholine rings is 1. The molecule has 11 nitrogen and oxygen atoms in total. The molecule has 2 aliphatic heterocycles. The molecule has 0 bridgehead atoms. The van der Waals surface area contributed by atoms with Gasteiger partial charge in [0.1, 0.15) is 23.8 Å². The molecule has 1 saturated heterocycles. The third kappa shape index (κ3) is 4.77. The number of rotatable bonds is 5. The Labute approximate surface area is 214 Å². The Morgan fingerprint density at radius 1 is 1.03 bits per heavy atom. The predicted molar refractivity (Wildman–Crippen MR) is 141 cm³/mol. The van der Waals surface area contributed by atoms with E-state index < -0.39 is 0 Å². The van der Waals surface area contributed by atoms with Gasteiger partial charge < -0.3 is 24.4 Å². The predicted octanol–water partition coefficient (Wildman–Crippen LogP) is 2.41. The molecule has 0 radical (unpaired) electrons. The number of hydrogen-bond donors (Lipinski definition) is 2. The summed E-state index contributed by atoms with van der Waals surface area (Å²) < 4.78 is 7.10. The first kappa shape index (κ1) is 23.2. The van der Waals surface area contributed by atoms with Gasteiger partial charge in [0.15, 0.2) is 5.82 Å². The van der Waals surface area contributed by atoms with Crippen molar-refractivity contribution in [2.24, 2.45) is 7.05 Å². The number of fused-ring (bicyclic) bond motifs is 1. The van der Waals surface area contributed by atoms with E-state index in [4.69, 9.17) is 14.7 Å². The molecule has 0 saturated carbocycles. The van der Waals surface area contributed by atoms with Gasteiger partial charge in [0.05, 0.1) is 25.5 Å². The summed E-state index contributed by atoms with van der Waals surface area (Å²) in [7, 11) is 1.71. The van der Waals surface area contributed by atoms with Crippen molar-refractivity contribution in [1.82, 2.24) is 29.5 Å². The van der Waals surface area contributed by atoms with E-state index >= 15 is 0 Å². The van der Waals surface area contributed by atoms with Crippen LogP contribution in [0.15, 0.2) is 47.7 Å². The van der Waals surface area contributed by atoms with Crippen LogP contribution in [0.3, 0.4) is 0 Å². The highest BCUT2D eigenvalue weighted by atomic mass is 16.5. The molecule has 5 heterocycles. The monoisotopic (exact) mass is 499 g/mol. The number of nitrogens with one attached hydrogen (secondary N) is 2. The smallest absolute Gasteiger partial charge is 0.326 e. The van der Waals surface area contributed by atoms with Gasteiger partial charge in [-0.05, 0) is 37.6 Å². The molecule has 0 atom stereocenters. The van der Waals surface area contributed by atoms with Crippen LogP contribution in [-0.4, -0.2) is 62.3 Å². The van der Waals surface area contributed by atoms with Gasteiger partial charge in [-0.15, -0.1) is 0 Å². The van der Waals surface area contributed by atoms with E-state index in [-0.39, 0.29) is 5.69 Å². The maximum atomic E-state index is 11.7. The molecule has 0 unspecified atom stereocenters. The molecule has 1 fully saturated rings. The average Bonchev–Trinajstić information content (AvgIpc) is 3.24. The summed E-state index contributed by atoms with van der Waals surface area (Å²) in [6, 6.07) is 9.95. The van der Waals surface area contributed by atoms with Crippen molar-refractivity contribution < 1.29 is 4.74 Å². The summed E-state index contributed by atoms with van der Waals surface area (Å²) in [4.78, 5) is 37.9.